The average Bonchev–Trinajstić information content (AvgIpc) is 2.53. The molecule has 6 nitrogen and oxygen atoms in total. The number of nitrogens with zero attached hydrogens (tertiary/aromatic N) is 1. The average molecular weight is 345 g/mol. The van der Waals surface area contributed by atoms with Crippen LogP contribution in [0.2, 0.25) is 0 Å². The standard InChI is InChI=1S/C19H23NO5/c1-12-6-15(21)7-13(2)20(12)9-17(22)14-4-5-18(23-3)19(8-14)25-16-10-24-11-16/h4-8,16-17,22H,9-11H2,1-3H3. The summed E-state index contributed by atoms with van der Waals surface area (Å²) in [5.74, 6) is 1.22. The van der Waals surface area contributed by atoms with Crippen molar-refractivity contribution in [2.24, 2.45) is 0 Å². The van der Waals surface area contributed by atoms with Gasteiger partial charge in [-0.1, -0.05) is 6.07 Å². The Balaban J connectivity index is 1.83. The van der Waals surface area contributed by atoms with Gasteiger partial charge in [0.1, 0.15) is 6.10 Å². The van der Waals surface area contributed by atoms with E-state index in [1.165, 1.54) is 0 Å². The van der Waals surface area contributed by atoms with Crippen LogP contribution < -0.4 is 14.9 Å². The third-order valence-corrected chi connectivity index (χ3v) is 4.38. The maximum atomic E-state index is 11.6. The van der Waals surface area contributed by atoms with Crippen LogP contribution in [-0.2, 0) is 11.3 Å². The summed E-state index contributed by atoms with van der Waals surface area (Å²) in [5.41, 5.74) is 2.35. The van der Waals surface area contributed by atoms with E-state index in [1.807, 2.05) is 24.5 Å². The first kappa shape index (κ1) is 17.5. The fourth-order valence-electron chi connectivity index (χ4n) is 2.91. The Hall–Kier alpha value is -2.31. The molecule has 0 radical (unpaired) electrons. The molecule has 134 valence electrons. The van der Waals surface area contributed by atoms with E-state index in [2.05, 4.69) is 0 Å². The summed E-state index contributed by atoms with van der Waals surface area (Å²) in [6.45, 7) is 5.20. The van der Waals surface area contributed by atoms with Crippen LogP contribution in [-0.4, -0.2) is 36.1 Å². The minimum absolute atomic E-state index is 0.0183. The zero-order valence-electron chi connectivity index (χ0n) is 14.7. The highest BCUT2D eigenvalue weighted by molar-refractivity contribution is 5.44. The Morgan fingerprint density at radius 1 is 1.20 bits per heavy atom. The van der Waals surface area contributed by atoms with Crippen molar-refractivity contribution in [3.63, 3.8) is 0 Å². The molecule has 1 aromatic carbocycles. The second kappa shape index (κ2) is 7.29. The Labute approximate surface area is 146 Å². The van der Waals surface area contributed by atoms with E-state index in [4.69, 9.17) is 14.2 Å². The number of pyridine rings is 1. The molecular weight excluding hydrogens is 322 g/mol. The zero-order chi connectivity index (χ0) is 18.0. The fraction of sp³-hybridized carbons (Fsp3) is 0.421. The zero-order valence-corrected chi connectivity index (χ0v) is 14.7. The van der Waals surface area contributed by atoms with Crippen LogP contribution >= 0.6 is 0 Å². The molecule has 1 fully saturated rings. The van der Waals surface area contributed by atoms with Gasteiger partial charge >= 0.3 is 0 Å². The number of benzene rings is 1. The molecule has 0 aliphatic carbocycles. The Kier molecular flexibility index (Phi) is 5.11. The molecule has 25 heavy (non-hydrogen) atoms. The van der Waals surface area contributed by atoms with Crippen molar-refractivity contribution in [1.29, 1.82) is 0 Å². The largest absolute Gasteiger partial charge is 0.493 e. The summed E-state index contributed by atoms with van der Waals surface area (Å²) in [7, 11) is 1.59. The van der Waals surface area contributed by atoms with Crippen molar-refractivity contribution in [1.82, 2.24) is 4.57 Å². The highest BCUT2D eigenvalue weighted by atomic mass is 16.6. The lowest BCUT2D eigenvalue weighted by Gasteiger charge is -2.28. The van der Waals surface area contributed by atoms with Crippen LogP contribution in [0.4, 0.5) is 0 Å². The minimum atomic E-state index is -0.731. The maximum absolute atomic E-state index is 11.6. The Morgan fingerprint density at radius 3 is 2.44 bits per heavy atom. The number of aliphatic hydroxyl groups is 1. The molecule has 1 unspecified atom stereocenters. The van der Waals surface area contributed by atoms with Crippen LogP contribution in [0.25, 0.3) is 0 Å². The molecule has 1 aliphatic heterocycles. The summed E-state index contributed by atoms with van der Waals surface area (Å²) >= 11 is 0. The predicted octanol–water partition coefficient (Wildman–Crippen LogP) is 1.98. The third-order valence-electron chi connectivity index (χ3n) is 4.38. The predicted molar refractivity (Wildman–Crippen MR) is 93.4 cm³/mol. The molecule has 1 saturated heterocycles. The van der Waals surface area contributed by atoms with Gasteiger partial charge in [0, 0.05) is 23.5 Å². The van der Waals surface area contributed by atoms with E-state index < -0.39 is 6.10 Å². The van der Waals surface area contributed by atoms with Crippen molar-refractivity contribution in [2.75, 3.05) is 20.3 Å². The maximum Gasteiger partial charge on any atom is 0.182 e. The lowest BCUT2D eigenvalue weighted by atomic mass is 10.1. The van der Waals surface area contributed by atoms with Gasteiger partial charge in [-0.05, 0) is 31.5 Å². The first-order valence-corrected chi connectivity index (χ1v) is 8.26. The van der Waals surface area contributed by atoms with Crippen LogP contribution in [0.5, 0.6) is 11.5 Å². The number of methoxy groups -OCH3 is 1. The lowest BCUT2D eigenvalue weighted by Crippen LogP contribution is -2.38. The van der Waals surface area contributed by atoms with Gasteiger partial charge in [-0.25, -0.2) is 0 Å². The first-order valence-electron chi connectivity index (χ1n) is 8.26. The van der Waals surface area contributed by atoms with E-state index in [-0.39, 0.29) is 11.5 Å². The van der Waals surface area contributed by atoms with Crippen LogP contribution in [0, 0.1) is 13.8 Å². The van der Waals surface area contributed by atoms with Crippen molar-refractivity contribution < 1.29 is 19.3 Å². The number of hydrogen-bond donors (Lipinski definition) is 1. The van der Waals surface area contributed by atoms with E-state index >= 15 is 0 Å². The second-order valence-electron chi connectivity index (χ2n) is 6.29. The molecule has 3 rings (SSSR count). The smallest absolute Gasteiger partial charge is 0.182 e. The summed E-state index contributed by atoms with van der Waals surface area (Å²) in [6.07, 6.45) is -0.712. The van der Waals surface area contributed by atoms with E-state index in [0.717, 1.165) is 17.0 Å². The Morgan fingerprint density at radius 2 is 1.88 bits per heavy atom. The van der Waals surface area contributed by atoms with Crippen molar-refractivity contribution >= 4 is 0 Å². The summed E-state index contributed by atoms with van der Waals surface area (Å²) in [6, 6.07) is 8.55. The van der Waals surface area contributed by atoms with Gasteiger partial charge in [0.25, 0.3) is 0 Å². The van der Waals surface area contributed by atoms with E-state index in [9.17, 15) is 9.90 Å². The van der Waals surface area contributed by atoms with Crippen molar-refractivity contribution in [2.45, 2.75) is 32.6 Å². The molecule has 0 bridgehead atoms. The number of ether oxygens (including phenoxy) is 3. The molecule has 1 aliphatic rings. The van der Waals surface area contributed by atoms with Gasteiger partial charge < -0.3 is 23.9 Å². The van der Waals surface area contributed by atoms with Crippen LogP contribution in [0.1, 0.15) is 23.1 Å². The number of rotatable bonds is 6. The molecule has 6 heteroatoms. The molecule has 1 atom stereocenters. The first-order chi connectivity index (χ1) is 12.0. The van der Waals surface area contributed by atoms with Crippen molar-refractivity contribution in [3.8, 4) is 11.5 Å². The quantitative estimate of drug-likeness (QED) is 0.867. The van der Waals surface area contributed by atoms with Gasteiger partial charge in [0.2, 0.25) is 0 Å². The van der Waals surface area contributed by atoms with Gasteiger partial charge in [0.05, 0.1) is 33.0 Å². The van der Waals surface area contributed by atoms with E-state index in [1.54, 1.807) is 31.4 Å². The summed E-state index contributed by atoms with van der Waals surface area (Å²) in [5, 5.41) is 10.7. The summed E-state index contributed by atoms with van der Waals surface area (Å²) < 4.78 is 18.3. The molecule has 1 N–H and O–H groups in total. The molecule has 0 spiro atoms. The Bertz CT molecular complexity index is 784. The second-order valence-corrected chi connectivity index (χ2v) is 6.29. The normalized spacial score (nSPS) is 15.5. The number of hydrogen-bond acceptors (Lipinski definition) is 5. The van der Waals surface area contributed by atoms with Crippen molar-refractivity contribution in [3.05, 3.63) is 57.5 Å². The third kappa shape index (κ3) is 3.86. The topological polar surface area (TPSA) is 69.9 Å². The van der Waals surface area contributed by atoms with Crippen LogP contribution in [0.15, 0.2) is 35.1 Å². The minimum Gasteiger partial charge on any atom is -0.493 e. The number of aromatic nitrogens is 1. The van der Waals surface area contributed by atoms with Gasteiger partial charge in [0.15, 0.2) is 16.9 Å². The molecule has 0 amide bonds. The molecule has 1 aromatic heterocycles. The number of aliphatic hydroxyl groups excluding tert-OH is 1. The summed E-state index contributed by atoms with van der Waals surface area (Å²) in [4.78, 5) is 11.6. The molecule has 0 saturated carbocycles. The monoisotopic (exact) mass is 345 g/mol. The van der Waals surface area contributed by atoms with Crippen LogP contribution in [0.3, 0.4) is 0 Å². The van der Waals surface area contributed by atoms with E-state index in [0.29, 0.717) is 31.3 Å². The molecule has 2 heterocycles. The molecular formula is C19H23NO5. The van der Waals surface area contributed by atoms with Gasteiger partial charge in [-0.3, -0.25) is 4.79 Å². The lowest BCUT2D eigenvalue weighted by molar-refractivity contribution is -0.0804. The van der Waals surface area contributed by atoms with Gasteiger partial charge in [-0.15, -0.1) is 0 Å². The highest BCUT2D eigenvalue weighted by Gasteiger charge is 2.22. The highest BCUT2D eigenvalue weighted by Crippen LogP contribution is 2.32. The number of aryl methyl sites for hydroxylation is 2. The fourth-order valence-corrected chi connectivity index (χ4v) is 2.91. The SMILES string of the molecule is COc1ccc(C(O)Cn2c(C)cc(=O)cc2C)cc1OC1COC1. The van der Waals surface area contributed by atoms with Gasteiger partial charge in [-0.2, -0.15) is 0 Å². The molecule has 2 aromatic rings.